The predicted octanol–water partition coefficient (Wildman–Crippen LogP) is 6.06. The van der Waals surface area contributed by atoms with Crippen molar-refractivity contribution in [2.24, 2.45) is 41.6 Å². The number of carbonyl (C=O) groups is 1. The van der Waals surface area contributed by atoms with Crippen LogP contribution >= 0.6 is 0 Å². The summed E-state index contributed by atoms with van der Waals surface area (Å²) < 4.78 is 27.4. The van der Waals surface area contributed by atoms with Gasteiger partial charge in [-0.2, -0.15) is 0 Å². The fourth-order valence-corrected chi connectivity index (χ4v) is 13.1. The highest BCUT2D eigenvalue weighted by Crippen LogP contribution is 2.63. The molecular weight excluding hydrogens is 640 g/mol. The molecule has 11 rings (SSSR count). The third-order valence-corrected chi connectivity index (χ3v) is 15.4. The summed E-state index contributed by atoms with van der Waals surface area (Å²) in [7, 11) is 7.88. The Hall–Kier alpha value is -3.66. The summed E-state index contributed by atoms with van der Waals surface area (Å²) in [5.74, 6) is 3.00. The number of fused-ring (bicyclic) bond motifs is 13. The second kappa shape index (κ2) is 10.5. The van der Waals surface area contributed by atoms with Crippen LogP contribution in [0.15, 0.2) is 47.0 Å². The quantitative estimate of drug-likeness (QED) is 0.240. The number of benzene rings is 2. The number of carbonyl (C=O) groups excluding carboxylic acids is 1. The SMILES string of the molecule is C/C=C1/CN2CCC34C(=Nc5cc6c(cc53)[C@H](C)[C@@H]3[C@@H](OC[C@@H]5[C@H]3C[C@H]3c7c(c8cc(OC)ccc8n7C)C[C@@H]5N3C)O6)[C@@H]2CC1[C@@H]4C(=O)OC. The molecule has 51 heavy (non-hydrogen) atoms. The van der Waals surface area contributed by atoms with Crippen LogP contribution in [0.25, 0.3) is 10.9 Å². The zero-order valence-corrected chi connectivity index (χ0v) is 30.5. The number of likely N-dealkylation sites (N-methyl/N-ethyl adjacent to an activating group) is 1. The van der Waals surface area contributed by atoms with Gasteiger partial charge in [-0.25, -0.2) is 0 Å². The summed E-state index contributed by atoms with van der Waals surface area (Å²) in [5.41, 5.74) is 9.77. The van der Waals surface area contributed by atoms with Crippen LogP contribution in [-0.2, 0) is 33.2 Å². The second-order valence-electron chi connectivity index (χ2n) is 16.8. The van der Waals surface area contributed by atoms with Crippen molar-refractivity contribution in [1.82, 2.24) is 14.4 Å². The van der Waals surface area contributed by atoms with Gasteiger partial charge < -0.3 is 23.5 Å². The lowest BCUT2D eigenvalue weighted by atomic mass is 9.51. The number of nitrogens with zero attached hydrogens (tertiary/aromatic N) is 4. The van der Waals surface area contributed by atoms with E-state index in [1.54, 1.807) is 14.2 Å². The summed E-state index contributed by atoms with van der Waals surface area (Å²) in [6.07, 6.45) is 5.90. The summed E-state index contributed by atoms with van der Waals surface area (Å²) in [4.78, 5) is 24.6. The molecule has 5 fully saturated rings. The summed E-state index contributed by atoms with van der Waals surface area (Å²) in [6.45, 7) is 7.12. The van der Waals surface area contributed by atoms with Crippen LogP contribution in [0.3, 0.4) is 0 Å². The van der Waals surface area contributed by atoms with E-state index in [0.717, 1.165) is 56.0 Å². The van der Waals surface area contributed by atoms with Gasteiger partial charge in [0.1, 0.15) is 11.5 Å². The van der Waals surface area contributed by atoms with Crippen LogP contribution in [0.4, 0.5) is 5.69 Å². The van der Waals surface area contributed by atoms with Crippen molar-refractivity contribution < 1.29 is 23.7 Å². The first kappa shape index (κ1) is 30.9. The zero-order valence-electron chi connectivity index (χ0n) is 30.5. The van der Waals surface area contributed by atoms with Crippen molar-refractivity contribution in [3.63, 3.8) is 0 Å². The van der Waals surface area contributed by atoms with Crippen molar-refractivity contribution in [2.45, 2.75) is 75.3 Å². The Morgan fingerprint density at radius 2 is 1.96 bits per heavy atom. The van der Waals surface area contributed by atoms with Gasteiger partial charge in [0.05, 0.1) is 43.9 Å². The van der Waals surface area contributed by atoms with Crippen molar-refractivity contribution in [1.29, 1.82) is 0 Å². The smallest absolute Gasteiger partial charge is 0.310 e. The van der Waals surface area contributed by atoms with Gasteiger partial charge in [0.25, 0.3) is 0 Å². The number of aryl methyl sites for hydroxylation is 1. The molecule has 11 atom stereocenters. The standard InChI is InChI=1S/C42H48N4O5/c1-7-21-18-46-11-10-42-29-13-23-20(2)36-26-15-33-38-27(25-12-22(48-5)8-9-31(25)45(38)4)16-32(44(33)3)28(26)19-50-41(36)51-35(23)17-30(29)43-39(42)34(46)14-24(21)37(42)40(47)49-6/h7-9,12-13,17,20,24,26,28,32-34,36-37,41H,10-11,14-16,18-19H2,1-6H3/b21-7-/t20-,24?,26+,28+,32-,33-,34-,36-,37+,41-,42?/m0/s1. The van der Waals surface area contributed by atoms with Crippen LogP contribution in [0.2, 0.25) is 0 Å². The molecule has 1 saturated carbocycles. The molecule has 0 spiro atoms. The number of methoxy groups -OCH3 is 2. The predicted molar refractivity (Wildman–Crippen MR) is 194 cm³/mol. The molecule has 5 bridgehead atoms. The van der Waals surface area contributed by atoms with Gasteiger partial charge in [-0.15, -0.1) is 0 Å². The fourth-order valence-electron chi connectivity index (χ4n) is 13.1. The summed E-state index contributed by atoms with van der Waals surface area (Å²) in [6, 6.07) is 12.1. The molecule has 0 radical (unpaired) electrons. The third-order valence-electron chi connectivity index (χ3n) is 15.4. The second-order valence-corrected chi connectivity index (χ2v) is 16.8. The number of hydrogen-bond donors (Lipinski definition) is 0. The third kappa shape index (κ3) is 3.73. The molecule has 266 valence electrons. The molecule has 9 heteroatoms. The minimum atomic E-state index is -0.434. The normalized spacial score (nSPS) is 39.3. The first-order chi connectivity index (χ1) is 24.8. The van der Waals surface area contributed by atoms with Crippen LogP contribution in [-0.4, -0.2) is 85.4 Å². The Kier molecular flexibility index (Phi) is 6.35. The van der Waals surface area contributed by atoms with Gasteiger partial charge in [-0.05, 0) is 98.4 Å². The van der Waals surface area contributed by atoms with Crippen molar-refractivity contribution in [3.8, 4) is 11.5 Å². The van der Waals surface area contributed by atoms with Gasteiger partial charge >= 0.3 is 5.97 Å². The molecule has 9 nitrogen and oxygen atoms in total. The lowest BCUT2D eigenvalue weighted by Crippen LogP contribution is -2.68. The van der Waals surface area contributed by atoms with E-state index < -0.39 is 5.41 Å². The molecule has 4 saturated heterocycles. The Bertz CT molecular complexity index is 2100. The van der Waals surface area contributed by atoms with Crippen LogP contribution < -0.4 is 9.47 Å². The molecule has 3 aromatic rings. The van der Waals surface area contributed by atoms with Crippen molar-refractivity contribution >= 4 is 28.3 Å². The molecular formula is C42H48N4O5. The summed E-state index contributed by atoms with van der Waals surface area (Å²) >= 11 is 0. The Balaban J connectivity index is 0.994. The number of aliphatic imine (C=N–C) groups is 1. The Labute approximate surface area is 299 Å². The number of aromatic nitrogens is 1. The molecule has 1 aromatic heterocycles. The maximum absolute atomic E-state index is 13.9. The Morgan fingerprint density at radius 1 is 1.10 bits per heavy atom. The highest BCUT2D eigenvalue weighted by molar-refractivity contribution is 6.10. The van der Waals surface area contributed by atoms with E-state index in [-0.39, 0.29) is 42.0 Å². The highest BCUT2D eigenvalue weighted by Gasteiger charge is 2.66. The number of ether oxygens (including phenoxy) is 4. The van der Waals surface area contributed by atoms with E-state index in [0.29, 0.717) is 30.5 Å². The van der Waals surface area contributed by atoms with E-state index in [1.807, 2.05) is 0 Å². The van der Waals surface area contributed by atoms with Crippen LogP contribution in [0.1, 0.15) is 67.5 Å². The minimum Gasteiger partial charge on any atom is -0.497 e. The van der Waals surface area contributed by atoms with Gasteiger partial charge in [0.15, 0.2) is 0 Å². The zero-order chi connectivity index (χ0) is 34.7. The Morgan fingerprint density at radius 3 is 2.76 bits per heavy atom. The lowest BCUT2D eigenvalue weighted by Gasteiger charge is -2.59. The van der Waals surface area contributed by atoms with Crippen LogP contribution in [0.5, 0.6) is 11.5 Å². The van der Waals surface area contributed by atoms with Gasteiger partial charge in [-0.3, -0.25) is 19.6 Å². The number of rotatable bonds is 2. The van der Waals surface area contributed by atoms with E-state index in [2.05, 4.69) is 78.7 Å². The molecule has 7 aliphatic heterocycles. The number of hydrogen-bond acceptors (Lipinski definition) is 8. The summed E-state index contributed by atoms with van der Waals surface area (Å²) in [5, 5.41) is 1.32. The van der Waals surface area contributed by atoms with Gasteiger partial charge in [-0.1, -0.05) is 18.6 Å². The molecule has 8 heterocycles. The number of allylic oxidation sites excluding steroid dienone is 1. The molecule has 0 N–H and O–H groups in total. The monoisotopic (exact) mass is 688 g/mol. The molecule has 1 aliphatic carbocycles. The molecule has 2 unspecified atom stereocenters. The topological polar surface area (TPSA) is 77.8 Å². The average molecular weight is 689 g/mol. The van der Waals surface area contributed by atoms with Crippen molar-refractivity contribution in [3.05, 3.63) is 64.4 Å². The van der Waals surface area contributed by atoms with E-state index in [4.69, 9.17) is 23.9 Å². The number of esters is 1. The van der Waals surface area contributed by atoms with Gasteiger partial charge in [0.2, 0.25) is 6.29 Å². The van der Waals surface area contributed by atoms with E-state index >= 15 is 0 Å². The van der Waals surface area contributed by atoms with E-state index in [9.17, 15) is 4.79 Å². The molecule has 2 aromatic carbocycles. The number of piperidine rings is 3. The van der Waals surface area contributed by atoms with E-state index in [1.165, 1.54) is 44.6 Å². The maximum atomic E-state index is 13.9. The maximum Gasteiger partial charge on any atom is 0.310 e. The highest BCUT2D eigenvalue weighted by atomic mass is 16.7. The lowest BCUT2D eigenvalue weighted by molar-refractivity contribution is -0.221. The molecule has 8 aliphatic rings. The first-order valence-corrected chi connectivity index (χ1v) is 19.2. The first-order valence-electron chi connectivity index (χ1n) is 19.2. The minimum absolute atomic E-state index is 0.0941. The van der Waals surface area contributed by atoms with Gasteiger partial charge in [0, 0.05) is 72.4 Å². The van der Waals surface area contributed by atoms with Crippen molar-refractivity contribution in [2.75, 3.05) is 41.0 Å². The molecule has 0 amide bonds. The largest absolute Gasteiger partial charge is 0.497 e. The van der Waals surface area contributed by atoms with Crippen LogP contribution in [0, 0.1) is 29.6 Å². The fraction of sp³-hybridized carbons (Fsp3) is 0.571. The average Bonchev–Trinajstić information content (AvgIpc) is 3.61.